The van der Waals surface area contributed by atoms with Gasteiger partial charge in [-0.1, -0.05) is 59.2 Å². The van der Waals surface area contributed by atoms with E-state index in [1.807, 2.05) is 13.0 Å². The average Bonchev–Trinajstić information content (AvgIpc) is 3.27. The molecular weight excluding hydrogens is 492 g/mol. The predicted molar refractivity (Wildman–Crippen MR) is 147 cm³/mol. The first kappa shape index (κ1) is 29.9. The molecule has 0 amide bonds. The summed E-state index contributed by atoms with van der Waals surface area (Å²) in [5.41, 5.74) is 0.0296. The zero-order valence-electron chi connectivity index (χ0n) is 23.8. The number of rotatable bonds is 7. The highest BCUT2D eigenvalue weighted by molar-refractivity contribution is 6.74. The second-order valence-corrected chi connectivity index (χ2v) is 18.4. The summed E-state index contributed by atoms with van der Waals surface area (Å²) in [7, 11) is -0.481. The van der Waals surface area contributed by atoms with Crippen molar-refractivity contribution < 1.29 is 23.4 Å². The third-order valence-electron chi connectivity index (χ3n) is 8.63. The van der Waals surface area contributed by atoms with Crippen LogP contribution in [0.1, 0.15) is 73.6 Å². The van der Waals surface area contributed by atoms with Crippen molar-refractivity contribution in [1.29, 1.82) is 0 Å². The molecule has 3 aliphatic rings. The van der Waals surface area contributed by atoms with Gasteiger partial charge in [0, 0.05) is 44.1 Å². The number of ether oxygens (including phenoxy) is 3. The van der Waals surface area contributed by atoms with Crippen LogP contribution in [-0.2, 0) is 23.4 Å². The maximum Gasteiger partial charge on any atom is 0.203 e. The summed E-state index contributed by atoms with van der Waals surface area (Å²) in [6.07, 6.45) is 5.02. The summed E-state index contributed by atoms with van der Waals surface area (Å²) < 4.78 is 25.1. The molecule has 0 N–H and O–H groups in total. The van der Waals surface area contributed by atoms with Gasteiger partial charge in [-0.25, -0.2) is 0 Å². The van der Waals surface area contributed by atoms with Crippen LogP contribution < -0.4 is 0 Å². The van der Waals surface area contributed by atoms with E-state index in [0.29, 0.717) is 31.5 Å². The van der Waals surface area contributed by atoms with Crippen LogP contribution in [0.2, 0.25) is 18.1 Å². The lowest BCUT2D eigenvalue weighted by molar-refractivity contribution is -0.298. The Morgan fingerprint density at radius 2 is 1.83 bits per heavy atom. The van der Waals surface area contributed by atoms with Crippen LogP contribution in [0.15, 0.2) is 11.1 Å². The normalized spacial score (nSPS) is 30.6. The van der Waals surface area contributed by atoms with Gasteiger partial charge >= 0.3 is 0 Å². The van der Waals surface area contributed by atoms with Crippen LogP contribution >= 0.6 is 11.6 Å². The first-order valence-electron chi connectivity index (χ1n) is 13.5. The van der Waals surface area contributed by atoms with Crippen LogP contribution in [0.3, 0.4) is 0 Å². The van der Waals surface area contributed by atoms with Crippen molar-refractivity contribution in [3.05, 3.63) is 11.1 Å². The molecule has 0 aromatic carbocycles. The quantitative estimate of drug-likeness (QED) is 0.205. The molecule has 5 nitrogen and oxygen atoms in total. The van der Waals surface area contributed by atoms with Crippen LogP contribution in [0.25, 0.3) is 0 Å². The van der Waals surface area contributed by atoms with E-state index in [0.717, 1.165) is 25.7 Å². The van der Waals surface area contributed by atoms with Gasteiger partial charge in [-0.05, 0) is 36.4 Å². The molecule has 2 saturated carbocycles. The van der Waals surface area contributed by atoms with Crippen molar-refractivity contribution in [2.45, 2.75) is 110 Å². The standard InChI is InChI=1S/C29H47ClO5Si/c1-10-11-12-13-24(32-7)26(31)23(30)15-21-22-17-29(33-18-28(5,6)19-34-29)16-20(22)14-25(21)35-36(8,9)27(2,3)4/h15,20-22,24-25H,10,13-14,16-19H2,1-9H3/t20-,21-,22+,24+,25-/m1/s1. The molecule has 3 fully saturated rings. The monoisotopic (exact) mass is 538 g/mol. The van der Waals surface area contributed by atoms with Crippen molar-refractivity contribution in [3.8, 4) is 11.8 Å². The Morgan fingerprint density at radius 1 is 1.19 bits per heavy atom. The second-order valence-electron chi connectivity index (χ2n) is 13.2. The zero-order chi connectivity index (χ0) is 26.9. The summed E-state index contributed by atoms with van der Waals surface area (Å²) in [6.45, 7) is 19.1. The molecule has 2 aliphatic carbocycles. The smallest absolute Gasteiger partial charge is 0.203 e. The molecule has 0 aromatic heterocycles. The van der Waals surface area contributed by atoms with Crippen molar-refractivity contribution in [1.82, 2.24) is 0 Å². The van der Waals surface area contributed by atoms with Crippen molar-refractivity contribution in [2.24, 2.45) is 23.2 Å². The molecule has 0 aromatic rings. The van der Waals surface area contributed by atoms with Gasteiger partial charge in [0.25, 0.3) is 0 Å². The van der Waals surface area contributed by atoms with Crippen molar-refractivity contribution in [2.75, 3.05) is 20.3 Å². The molecule has 5 atom stereocenters. The minimum absolute atomic E-state index is 0.0284. The molecule has 0 radical (unpaired) electrons. The van der Waals surface area contributed by atoms with Gasteiger partial charge in [0.05, 0.1) is 24.4 Å². The van der Waals surface area contributed by atoms with Crippen LogP contribution in [0, 0.1) is 35.0 Å². The molecule has 1 heterocycles. The Morgan fingerprint density at radius 3 is 2.39 bits per heavy atom. The van der Waals surface area contributed by atoms with Crippen LogP contribution in [-0.4, -0.2) is 52.4 Å². The van der Waals surface area contributed by atoms with Gasteiger partial charge in [-0.3, -0.25) is 4.79 Å². The first-order valence-corrected chi connectivity index (χ1v) is 16.8. The van der Waals surface area contributed by atoms with Crippen LogP contribution in [0.4, 0.5) is 0 Å². The summed E-state index contributed by atoms with van der Waals surface area (Å²) in [5, 5.41) is 0.322. The molecule has 7 heteroatoms. The molecule has 0 unspecified atom stereocenters. The third kappa shape index (κ3) is 6.65. The molecule has 204 valence electrons. The highest BCUT2D eigenvalue weighted by atomic mass is 35.5. The van der Waals surface area contributed by atoms with E-state index in [2.05, 4.69) is 59.6 Å². The number of halogens is 1. The Bertz CT molecular complexity index is 884. The van der Waals surface area contributed by atoms with E-state index in [1.54, 1.807) is 0 Å². The van der Waals surface area contributed by atoms with Gasteiger partial charge < -0.3 is 18.6 Å². The number of carbonyl (C=O) groups excluding carboxylic acids is 1. The number of methoxy groups -OCH3 is 1. The second kappa shape index (κ2) is 11.2. The van der Waals surface area contributed by atoms with Gasteiger partial charge in [-0.15, -0.1) is 11.8 Å². The van der Waals surface area contributed by atoms with E-state index < -0.39 is 20.2 Å². The number of carbonyl (C=O) groups is 1. The lowest BCUT2D eigenvalue weighted by Crippen LogP contribution is -2.47. The average molecular weight is 539 g/mol. The Balaban J connectivity index is 1.86. The molecule has 36 heavy (non-hydrogen) atoms. The summed E-state index contributed by atoms with van der Waals surface area (Å²) >= 11 is 6.71. The fourth-order valence-electron chi connectivity index (χ4n) is 5.46. The Kier molecular flexibility index (Phi) is 9.29. The summed E-state index contributed by atoms with van der Waals surface area (Å²) in [4.78, 5) is 13.2. The fraction of sp³-hybridized carbons (Fsp3) is 0.828. The van der Waals surface area contributed by atoms with E-state index in [4.69, 9.17) is 30.2 Å². The molecule has 0 bridgehead atoms. The zero-order valence-corrected chi connectivity index (χ0v) is 25.6. The number of Topliss-reactive ketones (excluding diaryl/α,β-unsaturated/α-hetero) is 1. The molecule has 1 saturated heterocycles. The number of ketones is 1. The predicted octanol–water partition coefficient (Wildman–Crippen LogP) is 6.70. The molecule has 1 aliphatic heterocycles. The lowest BCUT2D eigenvalue weighted by atomic mass is 9.89. The van der Waals surface area contributed by atoms with E-state index >= 15 is 0 Å². The number of hydrogen-bond acceptors (Lipinski definition) is 5. The molecular formula is C29H47ClO5Si. The van der Waals surface area contributed by atoms with Gasteiger partial charge in [0.15, 0.2) is 14.1 Å². The van der Waals surface area contributed by atoms with Crippen molar-refractivity contribution in [3.63, 3.8) is 0 Å². The highest BCUT2D eigenvalue weighted by Gasteiger charge is 2.58. The maximum atomic E-state index is 13.2. The minimum atomic E-state index is -2.02. The fourth-order valence-corrected chi connectivity index (χ4v) is 7.09. The third-order valence-corrected chi connectivity index (χ3v) is 13.4. The lowest BCUT2D eigenvalue weighted by Gasteiger charge is -2.43. The maximum absolute atomic E-state index is 13.2. The summed E-state index contributed by atoms with van der Waals surface area (Å²) in [5.74, 6) is 6.03. The molecule has 1 spiro atoms. The summed E-state index contributed by atoms with van der Waals surface area (Å²) in [6, 6.07) is 0. The van der Waals surface area contributed by atoms with Crippen LogP contribution in [0.5, 0.6) is 0 Å². The Hall–Kier alpha value is -0.683. The van der Waals surface area contributed by atoms with Gasteiger partial charge in [0.2, 0.25) is 5.78 Å². The van der Waals surface area contributed by atoms with Crippen molar-refractivity contribution >= 4 is 25.7 Å². The Labute approximate surface area is 225 Å². The SMILES string of the molecule is CCC#CC[C@H](OC)C(=O)C(Cl)=C[C@@H]1[C@H]2CC3(C[C@H]2C[C@H]1O[Si](C)(C)C(C)(C)C)OCC(C)(C)CO3. The van der Waals surface area contributed by atoms with E-state index in [1.165, 1.54) is 7.11 Å². The number of hydrogen-bond donors (Lipinski definition) is 0. The largest absolute Gasteiger partial charge is 0.413 e. The van der Waals surface area contributed by atoms with Gasteiger partial charge in [-0.2, -0.15) is 0 Å². The van der Waals surface area contributed by atoms with E-state index in [9.17, 15) is 4.79 Å². The van der Waals surface area contributed by atoms with E-state index in [-0.39, 0.29) is 33.3 Å². The molecule has 3 rings (SSSR count). The number of fused-ring (bicyclic) bond motifs is 1. The van der Waals surface area contributed by atoms with Gasteiger partial charge in [0.1, 0.15) is 6.10 Å². The minimum Gasteiger partial charge on any atom is -0.413 e. The first-order chi connectivity index (χ1) is 16.6. The topological polar surface area (TPSA) is 54.0 Å². The highest BCUT2D eigenvalue weighted by Crippen LogP contribution is 2.57.